The first-order valence-corrected chi connectivity index (χ1v) is 28.2. The molecule has 0 radical (unpaired) electrons. The summed E-state index contributed by atoms with van der Waals surface area (Å²) in [5.41, 5.74) is 0. The van der Waals surface area contributed by atoms with Crippen molar-refractivity contribution in [2.24, 2.45) is 0 Å². The van der Waals surface area contributed by atoms with Gasteiger partial charge in [0.25, 0.3) is 0 Å². The van der Waals surface area contributed by atoms with E-state index < -0.39 is 24.2 Å². The van der Waals surface area contributed by atoms with Crippen LogP contribution in [0.15, 0.2) is 24.3 Å². The number of hydrogen-bond acceptors (Lipinski definition) is 4. The van der Waals surface area contributed by atoms with Gasteiger partial charge < -0.3 is 20.6 Å². The van der Waals surface area contributed by atoms with Gasteiger partial charge in [0.15, 0.2) is 0 Å². The minimum Gasteiger partial charge on any atom is -0.394 e. The summed E-state index contributed by atoms with van der Waals surface area (Å²) in [7, 11) is 0. The average molecular weight is 875 g/mol. The summed E-state index contributed by atoms with van der Waals surface area (Å²) in [5, 5.41) is 33.4. The van der Waals surface area contributed by atoms with Gasteiger partial charge in [0.1, 0.15) is 6.10 Å². The van der Waals surface area contributed by atoms with E-state index in [4.69, 9.17) is 0 Å². The van der Waals surface area contributed by atoms with E-state index in [0.717, 1.165) is 32.1 Å². The highest BCUT2D eigenvalue weighted by Crippen LogP contribution is 2.17. The molecule has 0 aliphatic heterocycles. The number of nitrogens with one attached hydrogen (secondary N) is 1. The lowest BCUT2D eigenvalue weighted by Crippen LogP contribution is -2.48. The smallest absolute Gasteiger partial charge is 0.249 e. The largest absolute Gasteiger partial charge is 0.394 e. The topological polar surface area (TPSA) is 89.8 Å². The molecule has 0 rings (SSSR count). The summed E-state index contributed by atoms with van der Waals surface area (Å²) in [4.78, 5) is 12.5. The molecule has 368 valence electrons. The van der Waals surface area contributed by atoms with E-state index in [1.54, 1.807) is 6.08 Å². The van der Waals surface area contributed by atoms with Gasteiger partial charge in [0.05, 0.1) is 18.8 Å². The fourth-order valence-corrected chi connectivity index (χ4v) is 8.89. The maximum Gasteiger partial charge on any atom is 0.249 e. The molecule has 5 nitrogen and oxygen atoms in total. The standard InChI is InChI=1S/C57H111NO4/c1-3-5-7-9-11-13-15-17-19-21-23-24-25-26-27-28-29-30-31-32-34-36-38-40-42-44-46-48-50-52-56(61)57(62)58-54(53-59)55(60)51-49-47-45-43-41-39-37-35-33-22-20-18-16-14-12-10-8-6-4-2/h26-27,49,51,54-56,59-61H,3-25,28-48,50,52-53H2,1-2H3,(H,58,62)/b27-26-,51-49+. The van der Waals surface area contributed by atoms with Gasteiger partial charge >= 0.3 is 0 Å². The van der Waals surface area contributed by atoms with Crippen LogP contribution in [0.4, 0.5) is 0 Å². The van der Waals surface area contributed by atoms with Gasteiger partial charge in [-0.3, -0.25) is 4.79 Å². The number of aliphatic hydroxyl groups excluding tert-OH is 3. The Morgan fingerprint density at radius 3 is 0.935 bits per heavy atom. The van der Waals surface area contributed by atoms with Crippen LogP contribution in [0.5, 0.6) is 0 Å². The van der Waals surface area contributed by atoms with E-state index in [1.165, 1.54) is 257 Å². The Morgan fingerprint density at radius 2 is 0.645 bits per heavy atom. The second-order valence-corrected chi connectivity index (χ2v) is 19.5. The molecule has 0 fully saturated rings. The molecule has 3 unspecified atom stereocenters. The number of unbranched alkanes of at least 4 members (excludes halogenated alkanes) is 42. The first-order chi connectivity index (χ1) is 30.6. The minimum atomic E-state index is -1.10. The van der Waals surface area contributed by atoms with Crippen molar-refractivity contribution in [1.82, 2.24) is 5.32 Å². The molecule has 0 aromatic rings. The SMILES string of the molecule is CCCCCCCCCCCCCC/C=C\CCCCCCCCCCCCCCCC(O)C(=O)NC(CO)C(O)/C=C/CCCCCCCCCCCCCCCCCCC. The van der Waals surface area contributed by atoms with E-state index in [-0.39, 0.29) is 6.61 Å². The third-order valence-corrected chi connectivity index (χ3v) is 13.3. The van der Waals surface area contributed by atoms with Crippen molar-refractivity contribution in [1.29, 1.82) is 0 Å². The Bertz CT molecular complexity index is 920. The fourth-order valence-electron chi connectivity index (χ4n) is 8.89. The molecule has 0 aliphatic carbocycles. The van der Waals surface area contributed by atoms with Gasteiger partial charge in [-0.15, -0.1) is 0 Å². The molecule has 0 saturated carbocycles. The lowest BCUT2D eigenvalue weighted by atomic mass is 10.0. The molecule has 4 N–H and O–H groups in total. The van der Waals surface area contributed by atoms with Crippen LogP contribution in [0, 0.1) is 0 Å². The van der Waals surface area contributed by atoms with E-state index in [2.05, 4.69) is 31.3 Å². The summed E-state index contributed by atoms with van der Waals surface area (Å²) in [6.45, 7) is 4.22. The highest BCUT2D eigenvalue weighted by atomic mass is 16.3. The summed E-state index contributed by atoms with van der Waals surface area (Å²) in [6.07, 6.45) is 66.8. The molecule has 0 aliphatic rings. The number of carbonyl (C=O) groups is 1. The first kappa shape index (κ1) is 60.8. The molecule has 0 bridgehead atoms. The zero-order valence-corrected chi connectivity index (χ0v) is 42.0. The predicted molar refractivity (Wildman–Crippen MR) is 273 cm³/mol. The van der Waals surface area contributed by atoms with Gasteiger partial charge in [-0.2, -0.15) is 0 Å². The Kier molecular flexibility index (Phi) is 51.5. The molecule has 3 atom stereocenters. The van der Waals surface area contributed by atoms with Crippen LogP contribution in [0.2, 0.25) is 0 Å². The van der Waals surface area contributed by atoms with Crippen molar-refractivity contribution in [2.75, 3.05) is 6.61 Å². The third kappa shape index (κ3) is 46.8. The number of allylic oxidation sites excluding steroid dienone is 3. The molecule has 0 saturated heterocycles. The predicted octanol–water partition coefficient (Wildman–Crippen LogP) is 17.3. The lowest BCUT2D eigenvalue weighted by Gasteiger charge is -2.21. The van der Waals surface area contributed by atoms with Crippen LogP contribution < -0.4 is 5.32 Å². The number of carbonyl (C=O) groups excluding carboxylic acids is 1. The zero-order chi connectivity index (χ0) is 45.1. The summed E-state index contributed by atoms with van der Waals surface area (Å²) >= 11 is 0. The molecule has 0 aromatic carbocycles. The summed E-state index contributed by atoms with van der Waals surface area (Å²) < 4.78 is 0. The Balaban J connectivity index is 3.54. The van der Waals surface area contributed by atoms with Gasteiger partial charge in [0, 0.05) is 0 Å². The van der Waals surface area contributed by atoms with Gasteiger partial charge in [-0.25, -0.2) is 0 Å². The van der Waals surface area contributed by atoms with Crippen molar-refractivity contribution in [3.63, 3.8) is 0 Å². The number of amides is 1. The number of hydrogen-bond donors (Lipinski definition) is 4. The fraction of sp³-hybridized carbons (Fsp3) is 0.912. The average Bonchev–Trinajstić information content (AvgIpc) is 3.28. The number of aliphatic hydroxyl groups is 3. The highest BCUT2D eigenvalue weighted by Gasteiger charge is 2.22. The Hall–Kier alpha value is -1.17. The van der Waals surface area contributed by atoms with Crippen molar-refractivity contribution in [3.05, 3.63) is 24.3 Å². The van der Waals surface area contributed by atoms with E-state index in [1.807, 2.05) is 6.08 Å². The molecular weight excluding hydrogens is 763 g/mol. The molecule has 1 amide bonds. The van der Waals surface area contributed by atoms with Crippen LogP contribution in [0.1, 0.15) is 309 Å². The van der Waals surface area contributed by atoms with Crippen molar-refractivity contribution < 1.29 is 20.1 Å². The Morgan fingerprint density at radius 1 is 0.387 bits per heavy atom. The monoisotopic (exact) mass is 874 g/mol. The van der Waals surface area contributed by atoms with E-state index in [0.29, 0.717) is 6.42 Å². The van der Waals surface area contributed by atoms with Crippen LogP contribution in [-0.4, -0.2) is 46.1 Å². The first-order valence-electron chi connectivity index (χ1n) is 28.2. The summed E-state index contributed by atoms with van der Waals surface area (Å²) in [5.74, 6) is -0.498. The van der Waals surface area contributed by atoms with Crippen molar-refractivity contribution in [3.8, 4) is 0 Å². The molecule has 0 spiro atoms. The second kappa shape index (κ2) is 52.5. The van der Waals surface area contributed by atoms with Crippen LogP contribution in [0.25, 0.3) is 0 Å². The van der Waals surface area contributed by atoms with Crippen molar-refractivity contribution >= 4 is 5.91 Å². The maximum absolute atomic E-state index is 12.5. The normalized spacial score (nSPS) is 13.4. The summed E-state index contributed by atoms with van der Waals surface area (Å²) in [6, 6.07) is -0.796. The minimum absolute atomic E-state index is 0.361. The Labute approximate surface area is 388 Å². The molecule has 5 heteroatoms. The second-order valence-electron chi connectivity index (χ2n) is 19.5. The molecular formula is C57H111NO4. The molecule has 62 heavy (non-hydrogen) atoms. The van der Waals surface area contributed by atoms with Crippen LogP contribution in [0.3, 0.4) is 0 Å². The number of rotatable bonds is 52. The van der Waals surface area contributed by atoms with Gasteiger partial charge in [-0.05, 0) is 44.9 Å². The van der Waals surface area contributed by atoms with Gasteiger partial charge in [0.2, 0.25) is 5.91 Å². The van der Waals surface area contributed by atoms with E-state index >= 15 is 0 Å². The van der Waals surface area contributed by atoms with Crippen LogP contribution in [-0.2, 0) is 4.79 Å². The maximum atomic E-state index is 12.5. The van der Waals surface area contributed by atoms with Crippen molar-refractivity contribution in [2.45, 2.75) is 327 Å². The van der Waals surface area contributed by atoms with Gasteiger partial charge in [-0.1, -0.05) is 289 Å². The molecule has 0 heterocycles. The third-order valence-electron chi connectivity index (χ3n) is 13.3. The quantitative estimate of drug-likeness (QED) is 0.0362. The zero-order valence-electron chi connectivity index (χ0n) is 42.0. The van der Waals surface area contributed by atoms with Crippen LogP contribution >= 0.6 is 0 Å². The van der Waals surface area contributed by atoms with E-state index in [9.17, 15) is 20.1 Å². The molecule has 0 aromatic heterocycles. The highest BCUT2D eigenvalue weighted by molar-refractivity contribution is 5.80. The lowest BCUT2D eigenvalue weighted by molar-refractivity contribution is -0.131.